The highest BCUT2D eigenvalue weighted by molar-refractivity contribution is 4.46. The highest BCUT2D eigenvalue weighted by atomic mass is 16.6. The first kappa shape index (κ1) is 11.9. The Balaban J connectivity index is 3.08. The number of ether oxygens (including phenoxy) is 1. The molecule has 0 fully saturated rings. The largest absolute Gasteiger partial charge is 0.368 e. The lowest BCUT2D eigenvalue weighted by Crippen LogP contribution is -2.12. The van der Waals surface area contributed by atoms with Gasteiger partial charge in [-0.15, -0.1) is 0 Å². The number of aliphatic hydroxyl groups excluding tert-OH is 1. The van der Waals surface area contributed by atoms with E-state index in [-0.39, 0.29) is 0 Å². The molecule has 1 unspecified atom stereocenters. The van der Waals surface area contributed by atoms with Gasteiger partial charge in [0, 0.05) is 6.61 Å². The molecule has 0 aliphatic rings. The second kappa shape index (κ2) is 7.56. The minimum absolute atomic E-state index is 0.540. The van der Waals surface area contributed by atoms with Crippen LogP contribution in [-0.4, -0.2) is 18.0 Å². The molecule has 0 heterocycles. The van der Waals surface area contributed by atoms with Crippen molar-refractivity contribution in [3.8, 4) is 0 Å². The fourth-order valence-corrected chi connectivity index (χ4v) is 1.04. The van der Waals surface area contributed by atoms with E-state index in [9.17, 15) is 5.11 Å². The number of hydrogen-bond donors (Lipinski definition) is 1. The fourth-order valence-electron chi connectivity index (χ4n) is 1.04. The molecule has 0 bridgehead atoms. The highest BCUT2D eigenvalue weighted by Gasteiger charge is 2.01. The van der Waals surface area contributed by atoms with Gasteiger partial charge in [-0.2, -0.15) is 0 Å². The molecule has 74 valence electrons. The molecular formula is C10H22O2. The average molecular weight is 174 g/mol. The molecule has 0 rings (SSSR count). The van der Waals surface area contributed by atoms with Crippen molar-refractivity contribution in [2.75, 3.05) is 6.61 Å². The molecule has 2 heteroatoms. The Labute approximate surface area is 75.9 Å². The molecule has 0 radical (unpaired) electrons. The maximum atomic E-state index is 9.19. The summed E-state index contributed by atoms with van der Waals surface area (Å²) in [6, 6.07) is 0. The maximum Gasteiger partial charge on any atom is 0.154 e. The van der Waals surface area contributed by atoms with Gasteiger partial charge in [-0.25, -0.2) is 0 Å². The molecular weight excluding hydrogens is 152 g/mol. The van der Waals surface area contributed by atoms with Crippen molar-refractivity contribution in [1.82, 2.24) is 0 Å². The van der Waals surface area contributed by atoms with Gasteiger partial charge in [0.1, 0.15) is 0 Å². The van der Waals surface area contributed by atoms with Crippen LogP contribution < -0.4 is 0 Å². The van der Waals surface area contributed by atoms with Gasteiger partial charge in [0.15, 0.2) is 6.29 Å². The summed E-state index contributed by atoms with van der Waals surface area (Å²) in [6.07, 6.45) is 3.42. The molecule has 0 saturated heterocycles. The molecule has 0 aromatic carbocycles. The number of hydrogen-bond acceptors (Lipinski definition) is 2. The third kappa shape index (κ3) is 8.02. The van der Waals surface area contributed by atoms with E-state index in [2.05, 4.69) is 13.8 Å². The second-order valence-electron chi connectivity index (χ2n) is 3.65. The maximum absolute atomic E-state index is 9.19. The predicted molar refractivity (Wildman–Crippen MR) is 50.9 cm³/mol. The number of rotatable bonds is 7. The number of aliphatic hydroxyl groups is 1. The topological polar surface area (TPSA) is 29.5 Å². The molecule has 1 N–H and O–H groups in total. The van der Waals surface area contributed by atoms with Crippen LogP contribution in [0, 0.1) is 5.92 Å². The van der Waals surface area contributed by atoms with Gasteiger partial charge >= 0.3 is 0 Å². The van der Waals surface area contributed by atoms with Crippen molar-refractivity contribution >= 4 is 0 Å². The van der Waals surface area contributed by atoms with Gasteiger partial charge in [0.2, 0.25) is 0 Å². The van der Waals surface area contributed by atoms with Crippen molar-refractivity contribution in [2.45, 2.75) is 52.7 Å². The van der Waals surface area contributed by atoms with Gasteiger partial charge in [-0.1, -0.05) is 27.2 Å². The molecule has 0 amide bonds. The molecule has 1 atom stereocenters. The lowest BCUT2D eigenvalue weighted by molar-refractivity contribution is -0.104. The van der Waals surface area contributed by atoms with Gasteiger partial charge < -0.3 is 9.84 Å². The van der Waals surface area contributed by atoms with Crippen LogP contribution in [0.1, 0.15) is 46.5 Å². The first-order valence-electron chi connectivity index (χ1n) is 4.96. The van der Waals surface area contributed by atoms with Gasteiger partial charge in [0.05, 0.1) is 0 Å². The van der Waals surface area contributed by atoms with E-state index in [1.54, 1.807) is 0 Å². The van der Waals surface area contributed by atoms with Crippen molar-refractivity contribution in [3.63, 3.8) is 0 Å². The van der Waals surface area contributed by atoms with Crippen molar-refractivity contribution in [2.24, 2.45) is 5.92 Å². The third-order valence-corrected chi connectivity index (χ3v) is 1.77. The summed E-state index contributed by atoms with van der Waals surface area (Å²) in [7, 11) is 0. The molecule has 0 aromatic rings. The van der Waals surface area contributed by atoms with Crippen LogP contribution in [0.5, 0.6) is 0 Å². The van der Waals surface area contributed by atoms with Gasteiger partial charge in [-0.05, 0) is 25.2 Å². The Kier molecular flexibility index (Phi) is 7.51. The zero-order valence-corrected chi connectivity index (χ0v) is 8.55. The van der Waals surface area contributed by atoms with E-state index < -0.39 is 6.29 Å². The lowest BCUT2D eigenvalue weighted by Gasteiger charge is -2.11. The summed E-state index contributed by atoms with van der Waals surface area (Å²) < 4.78 is 5.19. The van der Waals surface area contributed by atoms with Gasteiger partial charge in [-0.3, -0.25) is 0 Å². The van der Waals surface area contributed by atoms with E-state index in [1.807, 2.05) is 6.92 Å². The normalized spacial score (nSPS) is 13.8. The summed E-state index contributed by atoms with van der Waals surface area (Å²) in [5.74, 6) is 0.733. The SMILES string of the molecule is CCCC(O)OCCCC(C)C. The standard InChI is InChI=1S/C10H22O2/c1-4-6-10(11)12-8-5-7-9(2)3/h9-11H,4-8H2,1-3H3. The Morgan fingerprint density at radius 1 is 1.25 bits per heavy atom. The third-order valence-electron chi connectivity index (χ3n) is 1.77. The summed E-state index contributed by atoms with van der Waals surface area (Å²) in [6.45, 7) is 7.13. The van der Waals surface area contributed by atoms with Crippen molar-refractivity contribution in [3.05, 3.63) is 0 Å². The zero-order valence-electron chi connectivity index (χ0n) is 8.55. The van der Waals surface area contributed by atoms with E-state index in [4.69, 9.17) is 4.74 Å². The summed E-state index contributed by atoms with van der Waals surface area (Å²) in [5, 5.41) is 9.19. The fraction of sp³-hybridized carbons (Fsp3) is 1.00. The average Bonchev–Trinajstić information content (AvgIpc) is 1.98. The van der Waals surface area contributed by atoms with Crippen LogP contribution in [-0.2, 0) is 4.74 Å². The first-order valence-corrected chi connectivity index (χ1v) is 4.96. The Bertz CT molecular complexity index is 91.8. The predicted octanol–water partition coefficient (Wildman–Crippen LogP) is 2.56. The van der Waals surface area contributed by atoms with Gasteiger partial charge in [0.25, 0.3) is 0 Å². The van der Waals surface area contributed by atoms with E-state index in [0.717, 1.165) is 25.2 Å². The summed E-state index contributed by atoms with van der Waals surface area (Å²) >= 11 is 0. The first-order chi connectivity index (χ1) is 5.66. The molecule has 2 nitrogen and oxygen atoms in total. The Hall–Kier alpha value is -0.0800. The minimum atomic E-state index is -0.540. The molecule has 0 aromatic heterocycles. The quantitative estimate of drug-likeness (QED) is 0.475. The zero-order chi connectivity index (χ0) is 9.40. The van der Waals surface area contributed by atoms with E-state index in [0.29, 0.717) is 6.61 Å². The molecule has 0 aliphatic heterocycles. The van der Waals surface area contributed by atoms with Crippen molar-refractivity contribution in [1.29, 1.82) is 0 Å². The van der Waals surface area contributed by atoms with Crippen LogP contribution in [0.3, 0.4) is 0 Å². The van der Waals surface area contributed by atoms with Crippen LogP contribution in [0.25, 0.3) is 0 Å². The Morgan fingerprint density at radius 3 is 2.42 bits per heavy atom. The van der Waals surface area contributed by atoms with Crippen molar-refractivity contribution < 1.29 is 9.84 Å². The van der Waals surface area contributed by atoms with E-state index in [1.165, 1.54) is 6.42 Å². The lowest BCUT2D eigenvalue weighted by atomic mass is 10.1. The minimum Gasteiger partial charge on any atom is -0.368 e. The monoisotopic (exact) mass is 174 g/mol. The molecule has 0 saturated carbocycles. The van der Waals surface area contributed by atoms with Crippen LogP contribution >= 0.6 is 0 Å². The molecule has 12 heavy (non-hydrogen) atoms. The summed E-state index contributed by atoms with van der Waals surface area (Å²) in [4.78, 5) is 0. The second-order valence-corrected chi connectivity index (χ2v) is 3.65. The van der Waals surface area contributed by atoms with Crippen LogP contribution in [0.15, 0.2) is 0 Å². The van der Waals surface area contributed by atoms with E-state index >= 15 is 0 Å². The summed E-state index contributed by atoms with van der Waals surface area (Å²) in [5.41, 5.74) is 0. The van der Waals surface area contributed by atoms with Crippen LogP contribution in [0.2, 0.25) is 0 Å². The van der Waals surface area contributed by atoms with Crippen LogP contribution in [0.4, 0.5) is 0 Å². The highest BCUT2D eigenvalue weighted by Crippen LogP contribution is 2.05. The molecule has 0 spiro atoms. The smallest absolute Gasteiger partial charge is 0.154 e. The molecule has 0 aliphatic carbocycles. The Morgan fingerprint density at radius 2 is 1.92 bits per heavy atom.